The van der Waals surface area contributed by atoms with Crippen LogP contribution in [0.15, 0.2) is 54.2 Å². The molecule has 4 nitrogen and oxygen atoms in total. The molecule has 22 heavy (non-hydrogen) atoms. The average molecular weight is 310 g/mol. The number of benzene rings is 2. The maximum absolute atomic E-state index is 12.6. The van der Waals surface area contributed by atoms with Gasteiger partial charge in [-0.3, -0.25) is 9.69 Å². The number of phenolic OH excluding ortho intramolecular Hbond substituents is 1. The molecule has 2 aromatic carbocycles. The molecule has 0 radical (unpaired) electrons. The Kier molecular flexibility index (Phi) is 3.65. The number of hydrogen-bond donors (Lipinski definition) is 2. The Morgan fingerprint density at radius 2 is 1.95 bits per heavy atom. The van der Waals surface area contributed by atoms with Crippen LogP contribution < -0.4 is 10.2 Å². The first-order valence-corrected chi connectivity index (χ1v) is 7.18. The summed E-state index contributed by atoms with van der Waals surface area (Å²) in [7, 11) is 0. The van der Waals surface area contributed by atoms with Gasteiger partial charge in [0, 0.05) is 0 Å². The highest BCUT2D eigenvalue weighted by Crippen LogP contribution is 2.23. The van der Waals surface area contributed by atoms with Crippen LogP contribution in [0.4, 0.5) is 5.69 Å². The van der Waals surface area contributed by atoms with E-state index in [0.717, 1.165) is 16.8 Å². The molecule has 0 bridgehead atoms. The number of amides is 1. The average Bonchev–Trinajstić information content (AvgIpc) is 2.73. The molecule has 1 aliphatic rings. The highest BCUT2D eigenvalue weighted by molar-refractivity contribution is 7.80. The molecule has 1 fully saturated rings. The quantitative estimate of drug-likeness (QED) is 0.661. The Balaban J connectivity index is 1.95. The number of carbonyl (C=O) groups is 1. The topological polar surface area (TPSA) is 52.6 Å². The zero-order chi connectivity index (χ0) is 15.7. The number of phenols is 1. The van der Waals surface area contributed by atoms with E-state index >= 15 is 0 Å². The molecular formula is C17H14N2O2S. The molecule has 0 aliphatic carbocycles. The van der Waals surface area contributed by atoms with Crippen molar-refractivity contribution in [2.24, 2.45) is 0 Å². The Hall–Kier alpha value is -2.66. The number of nitrogens with one attached hydrogen (secondary N) is 1. The highest BCUT2D eigenvalue weighted by Gasteiger charge is 2.31. The van der Waals surface area contributed by atoms with E-state index < -0.39 is 0 Å². The number of aromatic hydroxyl groups is 1. The van der Waals surface area contributed by atoms with Gasteiger partial charge in [0.1, 0.15) is 11.4 Å². The lowest BCUT2D eigenvalue weighted by molar-refractivity contribution is -0.113. The molecule has 0 unspecified atom stereocenters. The third-order valence-corrected chi connectivity index (χ3v) is 3.60. The van der Waals surface area contributed by atoms with E-state index in [2.05, 4.69) is 5.32 Å². The van der Waals surface area contributed by atoms with Gasteiger partial charge in [-0.05, 0) is 60.6 Å². The Bertz CT molecular complexity index is 799. The zero-order valence-corrected chi connectivity index (χ0v) is 12.7. The SMILES string of the molecule is Cc1cccc(N2C(=O)/C(=C\c3cccc(O)c3)NC2=S)c1. The van der Waals surface area contributed by atoms with Crippen LogP contribution in [0.25, 0.3) is 6.08 Å². The van der Waals surface area contributed by atoms with Crippen LogP contribution in [0.2, 0.25) is 0 Å². The number of thiocarbonyl (C=S) groups is 1. The number of nitrogens with zero attached hydrogens (tertiary/aromatic N) is 1. The van der Waals surface area contributed by atoms with Crippen molar-refractivity contribution in [1.82, 2.24) is 5.32 Å². The van der Waals surface area contributed by atoms with E-state index in [4.69, 9.17) is 12.2 Å². The van der Waals surface area contributed by atoms with E-state index in [1.54, 1.807) is 30.3 Å². The van der Waals surface area contributed by atoms with Crippen LogP contribution in [0.1, 0.15) is 11.1 Å². The van der Waals surface area contributed by atoms with Crippen molar-refractivity contribution in [2.75, 3.05) is 4.90 Å². The summed E-state index contributed by atoms with van der Waals surface area (Å²) in [4.78, 5) is 14.0. The van der Waals surface area contributed by atoms with Crippen LogP contribution >= 0.6 is 12.2 Å². The smallest absolute Gasteiger partial charge is 0.281 e. The lowest BCUT2D eigenvalue weighted by atomic mass is 10.1. The molecule has 1 heterocycles. The van der Waals surface area contributed by atoms with Crippen LogP contribution in [0.5, 0.6) is 5.75 Å². The van der Waals surface area contributed by atoms with Crippen molar-refractivity contribution in [3.63, 3.8) is 0 Å². The van der Waals surface area contributed by atoms with Gasteiger partial charge in [-0.15, -0.1) is 0 Å². The van der Waals surface area contributed by atoms with Crippen molar-refractivity contribution in [3.05, 3.63) is 65.4 Å². The van der Waals surface area contributed by atoms with Gasteiger partial charge < -0.3 is 10.4 Å². The minimum atomic E-state index is -0.209. The van der Waals surface area contributed by atoms with Crippen molar-refractivity contribution in [3.8, 4) is 5.75 Å². The third kappa shape index (κ3) is 2.71. The Morgan fingerprint density at radius 1 is 1.18 bits per heavy atom. The first kappa shape index (κ1) is 14.3. The molecule has 1 aliphatic heterocycles. The third-order valence-electron chi connectivity index (χ3n) is 3.32. The predicted molar refractivity (Wildman–Crippen MR) is 90.5 cm³/mol. The van der Waals surface area contributed by atoms with E-state index in [9.17, 15) is 9.90 Å². The summed E-state index contributed by atoms with van der Waals surface area (Å²) in [6.07, 6.45) is 1.67. The molecule has 0 saturated carbocycles. The molecule has 1 amide bonds. The maximum Gasteiger partial charge on any atom is 0.281 e. The van der Waals surface area contributed by atoms with E-state index in [-0.39, 0.29) is 11.7 Å². The monoisotopic (exact) mass is 310 g/mol. The molecule has 3 rings (SSSR count). The van der Waals surface area contributed by atoms with Crippen LogP contribution in [-0.2, 0) is 4.79 Å². The lowest BCUT2D eigenvalue weighted by Crippen LogP contribution is -2.30. The fraction of sp³-hybridized carbons (Fsp3) is 0.0588. The summed E-state index contributed by atoms with van der Waals surface area (Å²) < 4.78 is 0. The van der Waals surface area contributed by atoms with Crippen LogP contribution in [0, 0.1) is 6.92 Å². The molecule has 1 saturated heterocycles. The fourth-order valence-electron chi connectivity index (χ4n) is 2.32. The van der Waals surface area contributed by atoms with Crippen molar-refractivity contribution < 1.29 is 9.90 Å². The van der Waals surface area contributed by atoms with Gasteiger partial charge in [-0.1, -0.05) is 24.3 Å². The number of rotatable bonds is 2. The van der Waals surface area contributed by atoms with E-state index in [1.807, 2.05) is 31.2 Å². The number of aryl methyl sites for hydroxylation is 1. The van der Waals surface area contributed by atoms with Gasteiger partial charge in [-0.2, -0.15) is 0 Å². The normalized spacial score (nSPS) is 16.2. The number of anilines is 1. The van der Waals surface area contributed by atoms with Gasteiger partial charge in [-0.25, -0.2) is 0 Å². The minimum Gasteiger partial charge on any atom is -0.508 e. The molecule has 0 aromatic heterocycles. The molecule has 0 spiro atoms. The first-order valence-electron chi connectivity index (χ1n) is 6.77. The molecule has 110 valence electrons. The summed E-state index contributed by atoms with van der Waals surface area (Å²) in [5, 5.41) is 12.8. The van der Waals surface area contributed by atoms with Gasteiger partial charge >= 0.3 is 0 Å². The molecule has 2 aromatic rings. The minimum absolute atomic E-state index is 0.151. The second-order valence-corrected chi connectivity index (χ2v) is 5.45. The fourth-order valence-corrected chi connectivity index (χ4v) is 2.62. The maximum atomic E-state index is 12.6. The summed E-state index contributed by atoms with van der Waals surface area (Å²) >= 11 is 5.27. The Labute approximate surface area is 133 Å². The molecule has 0 atom stereocenters. The first-order chi connectivity index (χ1) is 10.5. The lowest BCUT2D eigenvalue weighted by Gasteiger charge is -2.14. The Morgan fingerprint density at radius 3 is 2.68 bits per heavy atom. The zero-order valence-electron chi connectivity index (χ0n) is 11.9. The predicted octanol–water partition coefficient (Wildman–Crippen LogP) is 2.96. The van der Waals surface area contributed by atoms with Crippen molar-refractivity contribution in [1.29, 1.82) is 0 Å². The summed E-state index contributed by atoms with van der Waals surface area (Å²) in [6, 6.07) is 14.3. The molecular weight excluding hydrogens is 296 g/mol. The van der Waals surface area contributed by atoms with Gasteiger partial charge in [0.15, 0.2) is 5.11 Å². The standard InChI is InChI=1S/C17H14N2O2S/c1-11-4-2-6-13(8-11)19-16(21)15(18-17(19)22)10-12-5-3-7-14(20)9-12/h2-10,20H,1H3,(H,18,22)/b15-10+. The van der Waals surface area contributed by atoms with Gasteiger partial charge in [0.2, 0.25) is 0 Å². The largest absolute Gasteiger partial charge is 0.508 e. The van der Waals surface area contributed by atoms with Crippen LogP contribution in [0.3, 0.4) is 0 Å². The summed E-state index contributed by atoms with van der Waals surface area (Å²) in [6.45, 7) is 1.96. The summed E-state index contributed by atoms with van der Waals surface area (Å²) in [5.41, 5.74) is 2.90. The van der Waals surface area contributed by atoms with Gasteiger partial charge in [0.25, 0.3) is 5.91 Å². The number of hydrogen-bond acceptors (Lipinski definition) is 3. The van der Waals surface area contributed by atoms with Gasteiger partial charge in [0.05, 0.1) is 5.69 Å². The summed E-state index contributed by atoms with van der Waals surface area (Å²) in [5.74, 6) is -0.0585. The molecule has 5 heteroatoms. The van der Waals surface area contributed by atoms with Crippen molar-refractivity contribution in [2.45, 2.75) is 6.92 Å². The second-order valence-electron chi connectivity index (χ2n) is 5.06. The highest BCUT2D eigenvalue weighted by atomic mass is 32.1. The van der Waals surface area contributed by atoms with Crippen molar-refractivity contribution >= 4 is 35.0 Å². The second kappa shape index (κ2) is 5.61. The molecule has 2 N–H and O–H groups in total. The van der Waals surface area contributed by atoms with E-state index in [1.165, 1.54) is 4.90 Å². The van der Waals surface area contributed by atoms with E-state index in [0.29, 0.717) is 10.8 Å². The number of carbonyl (C=O) groups excluding carboxylic acids is 1. The van der Waals surface area contributed by atoms with Crippen LogP contribution in [-0.4, -0.2) is 16.1 Å².